The zero-order valence-corrected chi connectivity index (χ0v) is 18.1. The first kappa shape index (κ1) is 22.0. The van der Waals surface area contributed by atoms with E-state index in [2.05, 4.69) is 15.9 Å². The third-order valence-electron chi connectivity index (χ3n) is 6.13. The number of hydrogen-bond acceptors (Lipinski definition) is 6. The van der Waals surface area contributed by atoms with E-state index in [1.807, 2.05) is 24.3 Å². The summed E-state index contributed by atoms with van der Waals surface area (Å²) < 4.78 is 24.4. The molecule has 4 rings (SSSR count). The Morgan fingerprint density at radius 3 is 2.47 bits per heavy atom. The minimum absolute atomic E-state index is 0.220. The van der Waals surface area contributed by atoms with Crippen molar-refractivity contribution in [2.24, 2.45) is 0 Å². The monoisotopic (exact) mass is 435 g/mol. The first-order valence-electron chi connectivity index (χ1n) is 10.8. The van der Waals surface area contributed by atoms with Gasteiger partial charge in [-0.3, -0.25) is 0 Å². The zero-order chi connectivity index (χ0) is 22.5. The normalized spacial score (nSPS) is 15.0. The number of benzene rings is 2. The molecule has 32 heavy (non-hydrogen) atoms. The van der Waals surface area contributed by atoms with Gasteiger partial charge in [0.25, 0.3) is 0 Å². The van der Waals surface area contributed by atoms with Crippen molar-refractivity contribution in [3.05, 3.63) is 75.6 Å². The van der Waals surface area contributed by atoms with Crippen LogP contribution in [0.1, 0.15) is 16.7 Å². The van der Waals surface area contributed by atoms with E-state index >= 15 is 0 Å². The molecule has 1 aliphatic heterocycles. The van der Waals surface area contributed by atoms with Gasteiger partial charge in [0, 0.05) is 39.3 Å². The van der Waals surface area contributed by atoms with Crippen LogP contribution in [0.3, 0.4) is 0 Å². The van der Waals surface area contributed by atoms with Crippen molar-refractivity contribution in [3.8, 4) is 11.8 Å². The molecule has 0 radical (unpaired) electrons. The first-order chi connectivity index (χ1) is 15.6. The number of nitriles is 1. The summed E-state index contributed by atoms with van der Waals surface area (Å²) in [6, 6.07) is 12.6. The molecule has 0 aliphatic carbocycles. The van der Waals surface area contributed by atoms with E-state index in [1.54, 1.807) is 6.07 Å². The van der Waals surface area contributed by atoms with Gasteiger partial charge in [0.05, 0.1) is 24.3 Å². The van der Waals surface area contributed by atoms with Crippen LogP contribution in [0.4, 0.5) is 4.39 Å². The molecule has 0 spiro atoms. The SMILES string of the molecule is COc1cc(CCN2CCN(CCc3ccc4c(=O)occc4c3)CC2)c(F)cc1C#N. The van der Waals surface area contributed by atoms with E-state index in [4.69, 9.17) is 14.4 Å². The summed E-state index contributed by atoms with van der Waals surface area (Å²) >= 11 is 0. The van der Waals surface area contributed by atoms with Crippen LogP contribution in [0.2, 0.25) is 0 Å². The number of hydrogen-bond donors (Lipinski definition) is 0. The molecule has 1 fully saturated rings. The standard InChI is InChI=1S/C25H26FN3O3/c1-31-24-16-20(23(26)15-21(24)17-27)5-8-29-11-9-28(10-12-29)7-4-18-2-3-22-19(14-18)6-13-32-25(22)30/h2-3,6,13-16H,4-5,7-12H2,1H3. The molecular weight excluding hydrogens is 409 g/mol. The molecule has 0 atom stereocenters. The van der Waals surface area contributed by atoms with Crippen LogP contribution in [0.25, 0.3) is 10.8 Å². The summed E-state index contributed by atoms with van der Waals surface area (Å²) in [5.41, 5.74) is 1.70. The molecule has 0 amide bonds. The lowest BCUT2D eigenvalue weighted by molar-refractivity contribution is 0.134. The summed E-state index contributed by atoms with van der Waals surface area (Å²) in [6.45, 7) is 5.55. The Kier molecular flexibility index (Phi) is 6.84. The van der Waals surface area contributed by atoms with Crippen molar-refractivity contribution in [1.82, 2.24) is 9.80 Å². The molecule has 1 aliphatic rings. The second-order valence-electron chi connectivity index (χ2n) is 8.07. The molecule has 0 bridgehead atoms. The summed E-state index contributed by atoms with van der Waals surface area (Å²) in [7, 11) is 1.49. The fourth-order valence-corrected chi connectivity index (χ4v) is 4.17. The molecular formula is C25H26FN3O3. The van der Waals surface area contributed by atoms with Gasteiger partial charge in [-0.25, -0.2) is 9.18 Å². The van der Waals surface area contributed by atoms with E-state index in [0.29, 0.717) is 23.1 Å². The number of halogens is 1. The highest BCUT2D eigenvalue weighted by atomic mass is 19.1. The van der Waals surface area contributed by atoms with Crippen molar-refractivity contribution in [3.63, 3.8) is 0 Å². The van der Waals surface area contributed by atoms with Crippen LogP contribution in [0, 0.1) is 17.1 Å². The maximum Gasteiger partial charge on any atom is 0.343 e. The Balaban J connectivity index is 1.26. The summed E-state index contributed by atoms with van der Waals surface area (Å²) in [6.07, 6.45) is 2.94. The Labute approximate surface area is 186 Å². The summed E-state index contributed by atoms with van der Waals surface area (Å²) in [5, 5.41) is 10.6. The van der Waals surface area contributed by atoms with E-state index in [-0.39, 0.29) is 17.0 Å². The van der Waals surface area contributed by atoms with Gasteiger partial charge in [0.2, 0.25) is 0 Å². The Hall–Kier alpha value is -3.21. The van der Waals surface area contributed by atoms with Gasteiger partial charge in [0.15, 0.2) is 0 Å². The molecule has 1 saturated heterocycles. The number of nitrogens with zero attached hydrogens (tertiary/aromatic N) is 3. The van der Waals surface area contributed by atoms with Crippen molar-refractivity contribution < 1.29 is 13.5 Å². The highest BCUT2D eigenvalue weighted by molar-refractivity contribution is 5.81. The fraction of sp³-hybridized carbons (Fsp3) is 0.360. The maximum atomic E-state index is 14.3. The minimum Gasteiger partial charge on any atom is -0.495 e. The molecule has 6 nitrogen and oxygen atoms in total. The average molecular weight is 435 g/mol. The number of fused-ring (bicyclic) bond motifs is 1. The highest BCUT2D eigenvalue weighted by Crippen LogP contribution is 2.23. The number of methoxy groups -OCH3 is 1. The van der Waals surface area contributed by atoms with E-state index in [9.17, 15) is 9.18 Å². The Morgan fingerprint density at radius 2 is 1.78 bits per heavy atom. The second-order valence-corrected chi connectivity index (χ2v) is 8.07. The quantitative estimate of drug-likeness (QED) is 0.568. The lowest BCUT2D eigenvalue weighted by Gasteiger charge is -2.34. The first-order valence-corrected chi connectivity index (χ1v) is 10.8. The molecule has 2 heterocycles. The van der Waals surface area contributed by atoms with Gasteiger partial charge in [-0.15, -0.1) is 0 Å². The molecule has 0 unspecified atom stereocenters. The van der Waals surface area contributed by atoms with E-state index in [0.717, 1.165) is 51.1 Å². The molecule has 0 saturated carbocycles. The van der Waals surface area contributed by atoms with Gasteiger partial charge in [-0.1, -0.05) is 12.1 Å². The van der Waals surface area contributed by atoms with Gasteiger partial charge < -0.3 is 19.0 Å². The molecule has 0 N–H and O–H groups in total. The average Bonchev–Trinajstić information content (AvgIpc) is 2.82. The van der Waals surface area contributed by atoms with Crippen LogP contribution in [-0.4, -0.2) is 56.2 Å². The predicted octanol–water partition coefficient (Wildman–Crippen LogP) is 3.22. The fourth-order valence-electron chi connectivity index (χ4n) is 4.17. The zero-order valence-electron chi connectivity index (χ0n) is 18.1. The highest BCUT2D eigenvalue weighted by Gasteiger charge is 2.18. The molecule has 166 valence electrons. The summed E-state index contributed by atoms with van der Waals surface area (Å²) in [4.78, 5) is 16.5. The lowest BCUT2D eigenvalue weighted by Crippen LogP contribution is -2.47. The molecule has 7 heteroatoms. The van der Waals surface area contributed by atoms with Gasteiger partial charge >= 0.3 is 5.63 Å². The van der Waals surface area contributed by atoms with Crippen molar-refractivity contribution >= 4 is 10.8 Å². The van der Waals surface area contributed by atoms with Crippen LogP contribution in [-0.2, 0) is 12.8 Å². The van der Waals surface area contributed by atoms with Gasteiger partial charge in [-0.2, -0.15) is 5.26 Å². The summed E-state index contributed by atoms with van der Waals surface area (Å²) in [5.74, 6) is 0.0671. The van der Waals surface area contributed by atoms with Crippen molar-refractivity contribution in [1.29, 1.82) is 5.26 Å². The van der Waals surface area contributed by atoms with Crippen LogP contribution >= 0.6 is 0 Å². The molecule has 1 aromatic heterocycles. The Morgan fingerprint density at radius 1 is 1.06 bits per heavy atom. The predicted molar refractivity (Wildman–Crippen MR) is 120 cm³/mol. The van der Waals surface area contributed by atoms with Crippen molar-refractivity contribution in [2.75, 3.05) is 46.4 Å². The number of ether oxygens (including phenoxy) is 1. The molecule has 2 aromatic carbocycles. The Bertz CT molecular complexity index is 1190. The van der Waals surface area contributed by atoms with E-state index in [1.165, 1.54) is 25.0 Å². The van der Waals surface area contributed by atoms with Crippen LogP contribution in [0.5, 0.6) is 5.75 Å². The number of rotatable bonds is 7. The van der Waals surface area contributed by atoms with Gasteiger partial charge in [-0.05, 0) is 53.6 Å². The van der Waals surface area contributed by atoms with E-state index < -0.39 is 0 Å². The van der Waals surface area contributed by atoms with Crippen molar-refractivity contribution in [2.45, 2.75) is 12.8 Å². The van der Waals surface area contributed by atoms with Crippen LogP contribution in [0.15, 0.2) is 51.9 Å². The second kappa shape index (κ2) is 9.94. The van der Waals surface area contributed by atoms with Crippen LogP contribution < -0.4 is 10.4 Å². The lowest BCUT2D eigenvalue weighted by atomic mass is 10.1. The maximum absolute atomic E-state index is 14.3. The third-order valence-corrected chi connectivity index (χ3v) is 6.13. The third kappa shape index (κ3) is 4.98. The minimum atomic E-state index is -0.353. The number of piperazine rings is 1. The topological polar surface area (TPSA) is 69.7 Å². The smallest absolute Gasteiger partial charge is 0.343 e. The largest absolute Gasteiger partial charge is 0.495 e. The van der Waals surface area contributed by atoms with Gasteiger partial charge in [0.1, 0.15) is 17.6 Å². The molecule has 3 aromatic rings.